The molecule has 34 heavy (non-hydrogen) atoms. The van der Waals surface area contributed by atoms with E-state index >= 15 is 0 Å². The van der Waals surface area contributed by atoms with Crippen LogP contribution in [0.15, 0.2) is 34.9 Å². The third kappa shape index (κ3) is 2.25. The summed E-state index contributed by atoms with van der Waals surface area (Å²) in [4.78, 5) is 25.9. The molecule has 2 saturated carbocycles. The molecule has 0 radical (unpaired) electrons. The van der Waals surface area contributed by atoms with Crippen LogP contribution in [0, 0.1) is 22.7 Å². The van der Waals surface area contributed by atoms with Crippen molar-refractivity contribution >= 4 is 11.8 Å². The molecule has 2 heterocycles. The average molecular weight is 469 g/mol. The van der Waals surface area contributed by atoms with Crippen LogP contribution in [-0.2, 0) is 19.1 Å². The van der Waals surface area contributed by atoms with Crippen LogP contribution in [0.25, 0.3) is 0 Å². The van der Waals surface area contributed by atoms with E-state index in [-0.39, 0.29) is 24.2 Å². The molecule has 3 fully saturated rings. The van der Waals surface area contributed by atoms with E-state index in [4.69, 9.17) is 9.47 Å². The number of hydrogen-bond donors (Lipinski definition) is 2. The van der Waals surface area contributed by atoms with Gasteiger partial charge in [-0.25, -0.2) is 4.79 Å². The summed E-state index contributed by atoms with van der Waals surface area (Å²) < 4.78 is 13.0. The maximum absolute atomic E-state index is 13.2. The molecular weight excluding hydrogens is 432 g/mol. The Hall–Kier alpha value is -1.76. The number of carbonyl (C=O) groups is 2. The van der Waals surface area contributed by atoms with E-state index in [0.717, 1.165) is 37.7 Å². The van der Waals surface area contributed by atoms with Gasteiger partial charge in [-0.2, -0.15) is 0 Å². The molecule has 0 spiro atoms. The summed E-state index contributed by atoms with van der Waals surface area (Å²) in [6.45, 7) is 7.70. The van der Waals surface area contributed by atoms with Crippen molar-refractivity contribution in [1.29, 1.82) is 0 Å². The van der Waals surface area contributed by atoms with Crippen molar-refractivity contribution in [2.24, 2.45) is 22.7 Å². The van der Waals surface area contributed by atoms with E-state index in [0.29, 0.717) is 18.4 Å². The van der Waals surface area contributed by atoms with Crippen molar-refractivity contribution in [2.75, 3.05) is 6.61 Å². The summed E-state index contributed by atoms with van der Waals surface area (Å²) in [6.07, 6.45) is 10.5. The van der Waals surface area contributed by atoms with Crippen LogP contribution in [0.2, 0.25) is 0 Å². The summed E-state index contributed by atoms with van der Waals surface area (Å²) in [5, 5.41) is 22.0. The smallest absolute Gasteiger partial charge is 0.336 e. The SMILES string of the molecule is CC1=C(CO)C(=O)O[C@@H]([C@@]2(C)O[C@@]34CC[C@]2(O)[C@@]3(C)CC[C@H]2[C@H]4CC=C3CC=CC(=O)[C@@]32C)C1. The molecule has 6 rings (SSSR count). The fourth-order valence-corrected chi connectivity index (χ4v) is 9.27. The second-order valence-corrected chi connectivity index (χ2v) is 12.2. The number of ketones is 1. The number of ether oxygens (including phenoxy) is 2. The van der Waals surface area contributed by atoms with Crippen LogP contribution in [0.5, 0.6) is 0 Å². The van der Waals surface area contributed by atoms with Gasteiger partial charge in [0.15, 0.2) is 5.78 Å². The van der Waals surface area contributed by atoms with E-state index in [1.165, 1.54) is 5.57 Å². The molecule has 2 N–H and O–H groups in total. The highest BCUT2D eigenvalue weighted by molar-refractivity contribution is 5.98. The van der Waals surface area contributed by atoms with Gasteiger partial charge in [-0.3, -0.25) is 4.79 Å². The molecule has 4 aliphatic carbocycles. The Labute approximate surface area is 201 Å². The predicted molar refractivity (Wildman–Crippen MR) is 125 cm³/mol. The molecule has 6 aliphatic rings. The zero-order valence-electron chi connectivity index (χ0n) is 20.6. The van der Waals surface area contributed by atoms with Crippen LogP contribution in [0.1, 0.15) is 72.6 Å². The third-order valence-corrected chi connectivity index (χ3v) is 11.4. The van der Waals surface area contributed by atoms with Crippen molar-refractivity contribution in [3.05, 3.63) is 34.9 Å². The minimum Gasteiger partial charge on any atom is -0.455 e. The number of aliphatic hydroxyl groups is 2. The molecule has 6 nitrogen and oxygen atoms in total. The van der Waals surface area contributed by atoms with Gasteiger partial charge in [0.1, 0.15) is 17.3 Å². The number of fused-ring (bicyclic) bond motifs is 3. The van der Waals surface area contributed by atoms with Gasteiger partial charge in [-0.15, -0.1) is 0 Å². The Morgan fingerprint density at radius 2 is 1.88 bits per heavy atom. The number of hydrogen-bond acceptors (Lipinski definition) is 6. The van der Waals surface area contributed by atoms with Gasteiger partial charge in [-0.1, -0.05) is 30.2 Å². The van der Waals surface area contributed by atoms with Gasteiger partial charge in [0.25, 0.3) is 0 Å². The Bertz CT molecular complexity index is 1090. The van der Waals surface area contributed by atoms with Crippen molar-refractivity contribution < 1.29 is 29.3 Å². The standard InChI is InChI=1S/C28H36O6/c1-16-14-22(33-23(31)18(16)15-29)26(4)28(32)13-12-27(34-26)20-9-8-17-6-5-7-21(30)25(17,3)19(20)10-11-24(27,28)2/h5,7-8,19-20,22,29,32H,6,9-15H2,1-4H3/t19-,20+,22+,24-,25-,26+,27+,28-/m0/s1. The topological polar surface area (TPSA) is 93.1 Å². The molecule has 0 unspecified atom stereocenters. The Balaban J connectivity index is 1.44. The second kappa shape index (κ2) is 6.71. The number of rotatable bonds is 2. The van der Waals surface area contributed by atoms with Gasteiger partial charge in [0.05, 0.1) is 23.2 Å². The number of esters is 1. The molecular formula is C28H36O6. The number of allylic oxidation sites excluding steroid dienone is 4. The average Bonchev–Trinajstić information content (AvgIpc) is 3.11. The van der Waals surface area contributed by atoms with E-state index in [1.807, 2.05) is 19.9 Å². The van der Waals surface area contributed by atoms with Gasteiger partial charge < -0.3 is 19.7 Å². The first-order valence-electron chi connectivity index (χ1n) is 12.8. The van der Waals surface area contributed by atoms with E-state index in [2.05, 4.69) is 19.9 Å². The zero-order chi connectivity index (χ0) is 24.3. The second-order valence-electron chi connectivity index (χ2n) is 12.2. The lowest BCUT2D eigenvalue weighted by atomic mass is 9.46. The fraction of sp³-hybridized carbons (Fsp3) is 0.714. The molecule has 0 amide bonds. The Kier molecular flexibility index (Phi) is 4.48. The molecule has 0 aromatic carbocycles. The van der Waals surface area contributed by atoms with Crippen molar-refractivity contribution in [1.82, 2.24) is 0 Å². The number of aliphatic hydroxyl groups excluding tert-OH is 1. The molecule has 184 valence electrons. The minimum atomic E-state index is -1.14. The summed E-state index contributed by atoms with van der Waals surface area (Å²) in [7, 11) is 0. The molecule has 0 aromatic rings. The van der Waals surface area contributed by atoms with Crippen LogP contribution in [-0.4, -0.2) is 51.5 Å². The number of carbonyl (C=O) groups excluding carboxylic acids is 2. The molecule has 1 saturated heterocycles. The maximum atomic E-state index is 13.2. The Morgan fingerprint density at radius 3 is 2.59 bits per heavy atom. The normalized spacial score (nSPS) is 51.6. The summed E-state index contributed by atoms with van der Waals surface area (Å²) in [5.74, 6) is -0.0463. The minimum absolute atomic E-state index is 0.121. The van der Waals surface area contributed by atoms with Gasteiger partial charge in [0, 0.05) is 11.8 Å². The summed E-state index contributed by atoms with van der Waals surface area (Å²) in [6, 6.07) is 0. The van der Waals surface area contributed by atoms with Crippen molar-refractivity contribution in [3.63, 3.8) is 0 Å². The highest BCUT2D eigenvalue weighted by Gasteiger charge is 2.84. The lowest BCUT2D eigenvalue weighted by Gasteiger charge is -2.59. The van der Waals surface area contributed by atoms with Crippen LogP contribution in [0.4, 0.5) is 0 Å². The first kappa shape index (κ1) is 22.7. The lowest BCUT2D eigenvalue weighted by molar-refractivity contribution is -0.248. The van der Waals surface area contributed by atoms with Gasteiger partial charge in [0.2, 0.25) is 0 Å². The van der Waals surface area contributed by atoms with Crippen LogP contribution in [0.3, 0.4) is 0 Å². The summed E-state index contributed by atoms with van der Waals surface area (Å²) in [5.41, 5.74) is -1.46. The molecule has 2 bridgehead atoms. The van der Waals surface area contributed by atoms with E-state index in [9.17, 15) is 19.8 Å². The largest absolute Gasteiger partial charge is 0.455 e. The van der Waals surface area contributed by atoms with Crippen LogP contribution < -0.4 is 0 Å². The Morgan fingerprint density at radius 1 is 1.12 bits per heavy atom. The quantitative estimate of drug-likeness (QED) is 0.476. The maximum Gasteiger partial charge on any atom is 0.336 e. The lowest BCUT2D eigenvalue weighted by Crippen LogP contribution is -2.63. The van der Waals surface area contributed by atoms with Crippen molar-refractivity contribution in [2.45, 2.75) is 95.5 Å². The van der Waals surface area contributed by atoms with Crippen molar-refractivity contribution in [3.8, 4) is 0 Å². The highest BCUT2D eigenvalue weighted by atomic mass is 16.6. The summed E-state index contributed by atoms with van der Waals surface area (Å²) >= 11 is 0. The third-order valence-electron chi connectivity index (χ3n) is 11.4. The zero-order valence-corrected chi connectivity index (χ0v) is 20.6. The molecule has 0 aromatic heterocycles. The number of cyclic esters (lactones) is 1. The molecule has 2 aliphatic heterocycles. The molecule has 8 atom stereocenters. The van der Waals surface area contributed by atoms with Gasteiger partial charge >= 0.3 is 5.97 Å². The first-order valence-corrected chi connectivity index (χ1v) is 12.8. The van der Waals surface area contributed by atoms with E-state index < -0.39 is 39.7 Å². The fourth-order valence-electron chi connectivity index (χ4n) is 9.27. The van der Waals surface area contributed by atoms with Crippen LogP contribution >= 0.6 is 0 Å². The monoisotopic (exact) mass is 468 g/mol. The van der Waals surface area contributed by atoms with E-state index in [1.54, 1.807) is 6.08 Å². The molecule has 6 heteroatoms. The predicted octanol–water partition coefficient (Wildman–Crippen LogP) is 3.56. The van der Waals surface area contributed by atoms with Gasteiger partial charge in [-0.05, 0) is 77.2 Å². The highest BCUT2D eigenvalue weighted by Crippen LogP contribution is 2.77. The first-order chi connectivity index (χ1) is 16.0.